The summed E-state index contributed by atoms with van der Waals surface area (Å²) in [7, 11) is 0. The standard InChI is InChI=1S/C12H16OS/c1-10-8-11(4-2-3-7-14)5-6-12(10)9-13/h2,4-6,8,13-14H,3,7,9H2,1H3. The van der Waals surface area contributed by atoms with Crippen molar-refractivity contribution in [1.82, 2.24) is 0 Å². The number of aliphatic hydroxyl groups is 1. The van der Waals surface area contributed by atoms with E-state index < -0.39 is 0 Å². The molecule has 0 aliphatic rings. The fraction of sp³-hybridized carbons (Fsp3) is 0.333. The van der Waals surface area contributed by atoms with Crippen LogP contribution in [0.2, 0.25) is 0 Å². The molecule has 2 heteroatoms. The van der Waals surface area contributed by atoms with E-state index in [0.29, 0.717) is 0 Å². The first-order chi connectivity index (χ1) is 6.77. The number of aliphatic hydroxyl groups excluding tert-OH is 1. The van der Waals surface area contributed by atoms with Gasteiger partial charge in [0.05, 0.1) is 6.61 Å². The average molecular weight is 208 g/mol. The lowest BCUT2D eigenvalue weighted by molar-refractivity contribution is 0.281. The summed E-state index contributed by atoms with van der Waals surface area (Å²) < 4.78 is 0. The topological polar surface area (TPSA) is 20.2 Å². The molecule has 0 fully saturated rings. The fourth-order valence-corrected chi connectivity index (χ4v) is 1.44. The Morgan fingerprint density at radius 3 is 2.79 bits per heavy atom. The zero-order valence-corrected chi connectivity index (χ0v) is 9.30. The molecule has 0 unspecified atom stereocenters. The highest BCUT2D eigenvalue weighted by molar-refractivity contribution is 7.80. The van der Waals surface area contributed by atoms with Crippen LogP contribution in [0.5, 0.6) is 0 Å². The quantitative estimate of drug-likeness (QED) is 0.729. The molecule has 0 aliphatic heterocycles. The summed E-state index contributed by atoms with van der Waals surface area (Å²) >= 11 is 4.13. The first-order valence-electron chi connectivity index (χ1n) is 4.75. The van der Waals surface area contributed by atoms with E-state index in [-0.39, 0.29) is 6.61 Å². The molecule has 0 heterocycles. The molecule has 14 heavy (non-hydrogen) atoms. The first-order valence-corrected chi connectivity index (χ1v) is 5.39. The summed E-state index contributed by atoms with van der Waals surface area (Å²) in [5.74, 6) is 0.879. The highest BCUT2D eigenvalue weighted by Gasteiger charge is 1.96. The highest BCUT2D eigenvalue weighted by atomic mass is 32.1. The number of thiol groups is 1. The molecule has 1 N–H and O–H groups in total. The smallest absolute Gasteiger partial charge is 0.0684 e. The maximum Gasteiger partial charge on any atom is 0.0684 e. The molecular weight excluding hydrogens is 192 g/mol. The van der Waals surface area contributed by atoms with E-state index >= 15 is 0 Å². The van der Waals surface area contributed by atoms with Gasteiger partial charge in [0.15, 0.2) is 0 Å². The van der Waals surface area contributed by atoms with Crippen LogP contribution in [0.1, 0.15) is 23.1 Å². The van der Waals surface area contributed by atoms with Crippen LogP contribution in [-0.2, 0) is 6.61 Å². The molecule has 1 aromatic carbocycles. The van der Waals surface area contributed by atoms with Gasteiger partial charge in [-0.05, 0) is 35.8 Å². The highest BCUT2D eigenvalue weighted by Crippen LogP contribution is 2.12. The van der Waals surface area contributed by atoms with E-state index in [4.69, 9.17) is 5.11 Å². The first kappa shape index (κ1) is 11.3. The number of hydrogen-bond acceptors (Lipinski definition) is 2. The SMILES string of the molecule is Cc1cc(C=CCCS)ccc1CO. The molecule has 0 atom stereocenters. The van der Waals surface area contributed by atoms with Crippen molar-refractivity contribution in [2.24, 2.45) is 0 Å². The van der Waals surface area contributed by atoms with Crippen molar-refractivity contribution in [3.63, 3.8) is 0 Å². The van der Waals surface area contributed by atoms with Gasteiger partial charge in [0.1, 0.15) is 0 Å². The average Bonchev–Trinajstić information content (AvgIpc) is 2.18. The molecule has 1 aromatic rings. The molecule has 0 saturated heterocycles. The Labute approximate surface area is 90.9 Å². The van der Waals surface area contributed by atoms with Crippen LogP contribution >= 0.6 is 12.6 Å². The molecule has 0 radical (unpaired) electrons. The van der Waals surface area contributed by atoms with Gasteiger partial charge >= 0.3 is 0 Å². The lowest BCUT2D eigenvalue weighted by Crippen LogP contribution is -1.88. The molecule has 0 bridgehead atoms. The summed E-state index contributed by atoms with van der Waals surface area (Å²) in [5.41, 5.74) is 3.32. The van der Waals surface area contributed by atoms with Gasteiger partial charge in [-0.2, -0.15) is 12.6 Å². The molecular formula is C12H16OS. The van der Waals surface area contributed by atoms with Crippen molar-refractivity contribution in [3.05, 3.63) is 41.0 Å². The van der Waals surface area contributed by atoms with Crippen molar-refractivity contribution >= 4 is 18.7 Å². The second-order valence-corrected chi connectivity index (χ2v) is 3.71. The van der Waals surface area contributed by atoms with Gasteiger partial charge in [0, 0.05) is 0 Å². The van der Waals surface area contributed by atoms with Gasteiger partial charge in [-0.25, -0.2) is 0 Å². The van der Waals surface area contributed by atoms with Crippen LogP contribution in [0.15, 0.2) is 24.3 Å². The molecule has 0 saturated carbocycles. The summed E-state index contributed by atoms with van der Waals surface area (Å²) in [4.78, 5) is 0. The number of benzene rings is 1. The largest absolute Gasteiger partial charge is 0.392 e. The molecule has 1 nitrogen and oxygen atoms in total. The van der Waals surface area contributed by atoms with Gasteiger partial charge < -0.3 is 5.11 Å². The summed E-state index contributed by atoms with van der Waals surface area (Å²) in [6, 6.07) is 6.07. The number of aryl methyl sites for hydroxylation is 1. The van der Waals surface area contributed by atoms with Crippen molar-refractivity contribution in [2.45, 2.75) is 20.0 Å². The van der Waals surface area contributed by atoms with Crippen LogP contribution in [0, 0.1) is 6.92 Å². The predicted molar refractivity (Wildman–Crippen MR) is 64.6 cm³/mol. The monoisotopic (exact) mass is 208 g/mol. The van der Waals surface area contributed by atoms with Crippen molar-refractivity contribution in [1.29, 1.82) is 0 Å². The van der Waals surface area contributed by atoms with Crippen LogP contribution < -0.4 is 0 Å². The maximum atomic E-state index is 9.00. The van der Waals surface area contributed by atoms with Crippen LogP contribution in [0.4, 0.5) is 0 Å². The van der Waals surface area contributed by atoms with E-state index in [0.717, 1.165) is 23.3 Å². The van der Waals surface area contributed by atoms with Crippen LogP contribution in [0.3, 0.4) is 0 Å². The third-order valence-electron chi connectivity index (χ3n) is 2.14. The Hall–Kier alpha value is -0.730. The van der Waals surface area contributed by atoms with E-state index in [1.165, 1.54) is 5.56 Å². The minimum absolute atomic E-state index is 0.118. The third kappa shape index (κ3) is 3.20. The molecule has 0 spiro atoms. The zero-order valence-electron chi connectivity index (χ0n) is 8.40. The maximum absolute atomic E-state index is 9.00. The minimum atomic E-state index is 0.118. The number of hydrogen-bond donors (Lipinski definition) is 2. The molecule has 1 rings (SSSR count). The van der Waals surface area contributed by atoms with Crippen LogP contribution in [-0.4, -0.2) is 10.9 Å². The molecule has 0 amide bonds. The Bertz CT molecular complexity index is 318. The lowest BCUT2D eigenvalue weighted by atomic mass is 10.1. The summed E-state index contributed by atoms with van der Waals surface area (Å²) in [6.45, 7) is 2.13. The van der Waals surface area contributed by atoms with Gasteiger partial charge in [0.25, 0.3) is 0 Å². The molecule has 0 aromatic heterocycles. The molecule has 76 valence electrons. The number of allylic oxidation sites excluding steroid dienone is 1. The summed E-state index contributed by atoms with van der Waals surface area (Å²) in [6.07, 6.45) is 5.19. The van der Waals surface area contributed by atoms with E-state index in [1.807, 2.05) is 19.1 Å². The Kier molecular flexibility index (Phi) is 4.77. The fourth-order valence-electron chi connectivity index (χ4n) is 1.29. The van der Waals surface area contributed by atoms with Crippen LogP contribution in [0.25, 0.3) is 6.08 Å². The second-order valence-electron chi connectivity index (χ2n) is 3.26. The normalized spacial score (nSPS) is 11.1. The van der Waals surface area contributed by atoms with Crippen molar-refractivity contribution < 1.29 is 5.11 Å². The second kappa shape index (κ2) is 5.89. The van der Waals surface area contributed by atoms with E-state index in [2.05, 4.69) is 30.8 Å². The van der Waals surface area contributed by atoms with Gasteiger partial charge in [-0.15, -0.1) is 0 Å². The Balaban J connectivity index is 2.76. The lowest BCUT2D eigenvalue weighted by Gasteiger charge is -2.02. The van der Waals surface area contributed by atoms with Gasteiger partial charge in [-0.1, -0.05) is 30.4 Å². The number of rotatable bonds is 4. The van der Waals surface area contributed by atoms with E-state index in [9.17, 15) is 0 Å². The van der Waals surface area contributed by atoms with Crippen molar-refractivity contribution in [2.75, 3.05) is 5.75 Å². The van der Waals surface area contributed by atoms with Gasteiger partial charge in [0.2, 0.25) is 0 Å². The molecule has 0 aliphatic carbocycles. The zero-order chi connectivity index (χ0) is 10.4. The van der Waals surface area contributed by atoms with Crippen molar-refractivity contribution in [3.8, 4) is 0 Å². The third-order valence-corrected chi connectivity index (χ3v) is 2.40. The van der Waals surface area contributed by atoms with Gasteiger partial charge in [-0.3, -0.25) is 0 Å². The minimum Gasteiger partial charge on any atom is -0.392 e. The Morgan fingerprint density at radius 1 is 1.43 bits per heavy atom. The Morgan fingerprint density at radius 2 is 2.21 bits per heavy atom. The van der Waals surface area contributed by atoms with E-state index in [1.54, 1.807) is 0 Å². The predicted octanol–water partition coefficient (Wildman–Crippen LogP) is 2.82. The summed E-state index contributed by atoms with van der Waals surface area (Å²) in [5, 5.41) is 9.00.